The topological polar surface area (TPSA) is 104 Å². The van der Waals surface area contributed by atoms with E-state index in [0.717, 1.165) is 34.2 Å². The number of benzene rings is 1. The molecular weight excluding hydrogens is 522 g/mol. The molecule has 2 aliphatic rings. The molecule has 3 N–H and O–H groups in total. The molecule has 1 amide bonds. The van der Waals surface area contributed by atoms with E-state index in [1.165, 1.54) is 5.56 Å². The van der Waals surface area contributed by atoms with Crippen molar-refractivity contribution in [1.82, 2.24) is 10.3 Å². The number of rotatable bonds is 8. The van der Waals surface area contributed by atoms with Crippen LogP contribution in [0.3, 0.4) is 0 Å². The number of carboxylic acid groups (broad SMARTS) is 1. The molecule has 194 valence electrons. The summed E-state index contributed by atoms with van der Waals surface area (Å²) in [5.41, 5.74) is 3.69. The molecule has 1 aromatic heterocycles. The molecule has 0 radical (unpaired) electrons. The van der Waals surface area contributed by atoms with Crippen LogP contribution in [0.15, 0.2) is 40.1 Å². The Labute approximate surface area is 221 Å². The number of carbonyl (C=O) groups excluding carboxylic acids is 1. The van der Waals surface area contributed by atoms with E-state index in [1.807, 2.05) is 6.92 Å². The number of nitrogens with zero attached hydrogens (tertiary/aromatic N) is 1. The molecule has 7 nitrogen and oxygen atoms in total. The number of carbonyl (C=O) groups is 2. The predicted molar refractivity (Wildman–Crippen MR) is 144 cm³/mol. The van der Waals surface area contributed by atoms with Gasteiger partial charge in [0.25, 0.3) is 5.91 Å². The number of amides is 1. The van der Waals surface area contributed by atoms with Crippen molar-refractivity contribution < 1.29 is 19.5 Å². The summed E-state index contributed by atoms with van der Waals surface area (Å²) in [7, 11) is 0. The van der Waals surface area contributed by atoms with Gasteiger partial charge in [0.05, 0.1) is 11.1 Å². The molecule has 1 heterocycles. The number of hydrogen-bond donors (Lipinski definition) is 3. The number of H-pyrrole nitrogens is 1. The quantitative estimate of drug-likeness (QED) is 0.273. The highest BCUT2D eigenvalue weighted by molar-refractivity contribution is 9.10. The molecule has 1 fully saturated rings. The van der Waals surface area contributed by atoms with Crippen LogP contribution in [0.1, 0.15) is 92.9 Å². The molecule has 0 bridgehead atoms. The Hall–Kier alpha value is -2.61. The largest absolute Gasteiger partial charge is 0.481 e. The minimum atomic E-state index is -0.823. The average Bonchev–Trinajstić information content (AvgIpc) is 3.37. The van der Waals surface area contributed by atoms with E-state index in [1.54, 1.807) is 18.3 Å². The second-order valence-electron chi connectivity index (χ2n) is 10.9. The van der Waals surface area contributed by atoms with E-state index < -0.39 is 11.4 Å². The molecule has 8 heteroatoms. The van der Waals surface area contributed by atoms with Gasteiger partial charge in [-0.3, -0.25) is 9.59 Å². The molecule has 2 aromatic rings. The SMILES string of the molecule is CC(C)c1cc2c(cc1Br)[C@@]1(C)CCC[C@@](C)(C(=O)O)[C@@H]1C/C2=N\OCCCNC(=O)c1ccc[nH]1. The summed E-state index contributed by atoms with van der Waals surface area (Å²) in [6.45, 7) is 9.28. The van der Waals surface area contributed by atoms with Gasteiger partial charge >= 0.3 is 5.97 Å². The predicted octanol–water partition coefficient (Wildman–Crippen LogP) is 5.99. The van der Waals surface area contributed by atoms with E-state index >= 15 is 0 Å². The van der Waals surface area contributed by atoms with Gasteiger partial charge in [-0.1, -0.05) is 48.3 Å². The fraction of sp³-hybridized carbons (Fsp3) is 0.536. The summed E-state index contributed by atoms with van der Waals surface area (Å²) in [6.07, 6.45) is 5.39. The van der Waals surface area contributed by atoms with E-state index in [2.05, 4.69) is 64.3 Å². The average molecular weight is 559 g/mol. The molecular formula is C28H36BrN3O4. The number of carboxylic acids is 1. The number of aromatic amines is 1. The van der Waals surface area contributed by atoms with Gasteiger partial charge in [-0.25, -0.2) is 0 Å². The van der Waals surface area contributed by atoms with Crippen LogP contribution in [0.2, 0.25) is 0 Å². The van der Waals surface area contributed by atoms with Crippen LogP contribution in [0, 0.1) is 11.3 Å². The van der Waals surface area contributed by atoms with Crippen molar-refractivity contribution in [2.75, 3.05) is 13.2 Å². The zero-order chi connectivity index (χ0) is 26.1. The first-order chi connectivity index (χ1) is 17.1. The fourth-order valence-corrected chi connectivity index (χ4v) is 6.87. The van der Waals surface area contributed by atoms with Crippen molar-refractivity contribution in [2.24, 2.45) is 16.5 Å². The minimum Gasteiger partial charge on any atom is -0.481 e. The molecule has 2 aliphatic carbocycles. The minimum absolute atomic E-state index is 0.0806. The van der Waals surface area contributed by atoms with Crippen molar-refractivity contribution in [3.05, 3.63) is 57.3 Å². The lowest BCUT2D eigenvalue weighted by Gasteiger charge is -2.53. The maximum absolute atomic E-state index is 12.5. The molecule has 1 saturated carbocycles. The molecule has 0 saturated heterocycles. The zero-order valence-electron chi connectivity index (χ0n) is 21.5. The highest BCUT2D eigenvalue weighted by atomic mass is 79.9. The summed E-state index contributed by atoms with van der Waals surface area (Å²) in [6, 6.07) is 7.91. The first-order valence-electron chi connectivity index (χ1n) is 12.8. The van der Waals surface area contributed by atoms with Crippen LogP contribution >= 0.6 is 15.9 Å². The van der Waals surface area contributed by atoms with Crippen molar-refractivity contribution in [3.63, 3.8) is 0 Å². The van der Waals surface area contributed by atoms with Crippen LogP contribution in [0.4, 0.5) is 0 Å². The Morgan fingerprint density at radius 1 is 1.31 bits per heavy atom. The van der Waals surface area contributed by atoms with Crippen LogP contribution in [0.25, 0.3) is 0 Å². The van der Waals surface area contributed by atoms with E-state index in [0.29, 0.717) is 44.0 Å². The van der Waals surface area contributed by atoms with Crippen LogP contribution < -0.4 is 5.32 Å². The summed E-state index contributed by atoms with van der Waals surface area (Å²) < 4.78 is 1.05. The first kappa shape index (κ1) is 26.5. The molecule has 1 aromatic carbocycles. The van der Waals surface area contributed by atoms with E-state index in [4.69, 9.17) is 4.84 Å². The molecule has 3 atom stereocenters. The highest BCUT2D eigenvalue weighted by Gasteiger charge is 2.56. The van der Waals surface area contributed by atoms with Crippen molar-refractivity contribution in [1.29, 1.82) is 0 Å². The molecule has 4 rings (SSSR count). The van der Waals surface area contributed by atoms with Gasteiger partial charge < -0.3 is 20.2 Å². The third-order valence-electron chi connectivity index (χ3n) is 8.22. The Bertz CT molecular complexity index is 1160. The van der Waals surface area contributed by atoms with Gasteiger partial charge in [0.1, 0.15) is 12.3 Å². The Morgan fingerprint density at radius 2 is 2.08 bits per heavy atom. The van der Waals surface area contributed by atoms with Crippen molar-refractivity contribution >= 4 is 33.5 Å². The Balaban J connectivity index is 1.57. The monoisotopic (exact) mass is 557 g/mol. The summed E-state index contributed by atoms with van der Waals surface area (Å²) in [5.74, 6) is -0.638. The van der Waals surface area contributed by atoms with Gasteiger partial charge in [-0.15, -0.1) is 0 Å². The number of hydrogen-bond acceptors (Lipinski definition) is 4. The number of nitrogens with one attached hydrogen (secondary N) is 2. The van der Waals surface area contributed by atoms with Crippen LogP contribution in [0.5, 0.6) is 0 Å². The van der Waals surface area contributed by atoms with Crippen molar-refractivity contribution in [2.45, 2.75) is 71.1 Å². The Morgan fingerprint density at radius 3 is 2.75 bits per heavy atom. The lowest BCUT2D eigenvalue weighted by molar-refractivity contribution is -0.156. The fourth-order valence-electron chi connectivity index (χ4n) is 6.07. The van der Waals surface area contributed by atoms with Gasteiger partial charge in [0.15, 0.2) is 0 Å². The van der Waals surface area contributed by atoms with Crippen LogP contribution in [-0.4, -0.2) is 40.8 Å². The number of fused-ring (bicyclic) bond motifs is 3. The number of aromatic nitrogens is 1. The van der Waals surface area contributed by atoms with Gasteiger partial charge in [0, 0.05) is 29.2 Å². The summed E-state index contributed by atoms with van der Waals surface area (Å²) >= 11 is 3.78. The van der Waals surface area contributed by atoms with Crippen LogP contribution in [-0.2, 0) is 15.0 Å². The molecule has 0 spiro atoms. The normalized spacial score (nSPS) is 26.4. The first-order valence-corrected chi connectivity index (χ1v) is 13.6. The highest BCUT2D eigenvalue weighted by Crippen LogP contribution is 2.58. The third-order valence-corrected chi connectivity index (χ3v) is 8.90. The number of aliphatic carboxylic acids is 1. The summed E-state index contributed by atoms with van der Waals surface area (Å²) in [4.78, 5) is 33.1. The molecule has 36 heavy (non-hydrogen) atoms. The maximum Gasteiger partial charge on any atom is 0.309 e. The van der Waals surface area contributed by atoms with E-state index in [9.17, 15) is 14.7 Å². The smallest absolute Gasteiger partial charge is 0.309 e. The third kappa shape index (κ3) is 4.84. The van der Waals surface area contributed by atoms with E-state index in [-0.39, 0.29) is 17.2 Å². The number of halogens is 1. The summed E-state index contributed by atoms with van der Waals surface area (Å²) in [5, 5.41) is 17.6. The van der Waals surface area contributed by atoms with Gasteiger partial charge in [-0.05, 0) is 78.8 Å². The maximum atomic E-state index is 12.5. The standard InChI is InChI=1S/C28H36BrN3O4/c1-17(2)18-14-19-20(15-21(18)29)27(3)9-6-10-28(4,26(34)35)24(27)16-23(19)32-36-13-7-12-31-25(33)22-8-5-11-30-22/h5,8,11,14-15,17,24,30H,6-7,9-10,12-13,16H2,1-4H3,(H,31,33)(H,34,35)/b32-23+/t24-,27-,28-/m1/s1. The van der Waals surface area contributed by atoms with Gasteiger partial charge in [0.2, 0.25) is 0 Å². The molecule has 0 aliphatic heterocycles. The molecule has 0 unspecified atom stereocenters. The van der Waals surface area contributed by atoms with Crippen molar-refractivity contribution in [3.8, 4) is 0 Å². The number of oxime groups is 1. The second kappa shape index (κ2) is 10.4. The lowest BCUT2D eigenvalue weighted by atomic mass is 9.49. The Kier molecular flexibility index (Phi) is 7.64. The van der Waals surface area contributed by atoms with Gasteiger partial charge in [-0.2, -0.15) is 0 Å². The zero-order valence-corrected chi connectivity index (χ0v) is 23.1. The second-order valence-corrected chi connectivity index (χ2v) is 11.7. The lowest BCUT2D eigenvalue weighted by Crippen LogP contribution is -2.53.